The summed E-state index contributed by atoms with van der Waals surface area (Å²) >= 11 is 0. The highest BCUT2D eigenvalue weighted by molar-refractivity contribution is 5.75. The van der Waals surface area contributed by atoms with Crippen molar-refractivity contribution in [3.05, 3.63) is 33.9 Å². The average Bonchev–Trinajstić information content (AvgIpc) is 2.59. The minimum Gasteiger partial charge on any atom is -0.382 e. The van der Waals surface area contributed by atoms with Gasteiger partial charge in [-0.3, -0.25) is 5.10 Å². The predicted octanol–water partition coefficient (Wildman–Crippen LogP) is 3.20. The summed E-state index contributed by atoms with van der Waals surface area (Å²) in [5.41, 5.74) is 14.3. The Hall–Kier alpha value is -1.77. The first-order chi connectivity index (χ1) is 7.93. The molecule has 0 atom stereocenters. The van der Waals surface area contributed by atoms with E-state index in [4.69, 9.17) is 5.73 Å². The van der Waals surface area contributed by atoms with E-state index in [1.54, 1.807) is 0 Å². The zero-order chi connectivity index (χ0) is 12.7. The Labute approximate surface area is 102 Å². The van der Waals surface area contributed by atoms with Gasteiger partial charge >= 0.3 is 0 Å². The number of H-pyrrole nitrogens is 1. The van der Waals surface area contributed by atoms with Gasteiger partial charge in [0.2, 0.25) is 0 Å². The van der Waals surface area contributed by atoms with E-state index in [0.29, 0.717) is 5.82 Å². The van der Waals surface area contributed by atoms with Crippen LogP contribution in [0.3, 0.4) is 0 Å². The standard InChI is InChI=1S/C14H19N3/c1-7-6-8(2)10(4)12(9(7)3)13-11(5)14(15)17-16-13/h6H,1-5H3,(H3,15,16,17). The van der Waals surface area contributed by atoms with E-state index >= 15 is 0 Å². The first kappa shape index (κ1) is 11.7. The summed E-state index contributed by atoms with van der Waals surface area (Å²) in [6.45, 7) is 10.6. The normalized spacial score (nSPS) is 10.9. The van der Waals surface area contributed by atoms with E-state index in [2.05, 4.69) is 44.0 Å². The van der Waals surface area contributed by atoms with Crippen molar-refractivity contribution in [1.82, 2.24) is 10.2 Å². The van der Waals surface area contributed by atoms with E-state index in [9.17, 15) is 0 Å². The van der Waals surface area contributed by atoms with Gasteiger partial charge < -0.3 is 5.73 Å². The molecule has 0 unspecified atom stereocenters. The number of aromatic nitrogens is 2. The van der Waals surface area contributed by atoms with Crippen molar-refractivity contribution in [3.63, 3.8) is 0 Å². The van der Waals surface area contributed by atoms with Crippen molar-refractivity contribution in [2.45, 2.75) is 34.6 Å². The highest BCUT2D eigenvalue weighted by Crippen LogP contribution is 2.33. The number of hydrogen-bond donors (Lipinski definition) is 2. The molecule has 0 radical (unpaired) electrons. The number of nitrogen functional groups attached to an aromatic ring is 1. The van der Waals surface area contributed by atoms with Gasteiger partial charge in [0.25, 0.3) is 0 Å². The van der Waals surface area contributed by atoms with E-state index in [1.807, 2.05) is 6.92 Å². The van der Waals surface area contributed by atoms with E-state index < -0.39 is 0 Å². The number of hydrogen-bond acceptors (Lipinski definition) is 2. The smallest absolute Gasteiger partial charge is 0.148 e. The third-order valence-corrected chi connectivity index (χ3v) is 3.66. The Morgan fingerprint density at radius 1 is 0.941 bits per heavy atom. The van der Waals surface area contributed by atoms with E-state index in [0.717, 1.165) is 11.3 Å². The molecule has 0 fully saturated rings. The van der Waals surface area contributed by atoms with Crippen molar-refractivity contribution in [3.8, 4) is 11.3 Å². The quantitative estimate of drug-likeness (QED) is 0.789. The molecule has 0 aliphatic heterocycles. The molecule has 1 aromatic carbocycles. The third kappa shape index (κ3) is 1.71. The molecular formula is C14H19N3. The minimum atomic E-state index is 0.581. The maximum Gasteiger partial charge on any atom is 0.148 e. The van der Waals surface area contributed by atoms with Crippen LogP contribution in [0.5, 0.6) is 0 Å². The molecule has 0 aliphatic carbocycles. The van der Waals surface area contributed by atoms with Crippen LogP contribution in [0.15, 0.2) is 6.07 Å². The van der Waals surface area contributed by atoms with Crippen molar-refractivity contribution in [2.75, 3.05) is 5.73 Å². The lowest BCUT2D eigenvalue weighted by molar-refractivity contribution is 1.09. The number of benzene rings is 1. The van der Waals surface area contributed by atoms with Gasteiger partial charge in [0, 0.05) is 11.1 Å². The Morgan fingerprint density at radius 2 is 1.47 bits per heavy atom. The molecule has 3 N–H and O–H groups in total. The first-order valence-electron chi connectivity index (χ1n) is 5.81. The SMILES string of the molecule is Cc1cc(C)c(C)c(-c2[nH]nc(N)c2C)c1C. The van der Waals surface area contributed by atoms with Gasteiger partial charge in [0.15, 0.2) is 0 Å². The molecule has 90 valence electrons. The van der Waals surface area contributed by atoms with E-state index in [-0.39, 0.29) is 0 Å². The number of rotatable bonds is 1. The lowest BCUT2D eigenvalue weighted by Gasteiger charge is -2.14. The van der Waals surface area contributed by atoms with Crippen molar-refractivity contribution in [1.29, 1.82) is 0 Å². The molecule has 0 saturated heterocycles. The van der Waals surface area contributed by atoms with Crippen LogP contribution in [0, 0.1) is 34.6 Å². The highest BCUT2D eigenvalue weighted by atomic mass is 15.2. The van der Waals surface area contributed by atoms with Gasteiger partial charge in [-0.2, -0.15) is 5.10 Å². The summed E-state index contributed by atoms with van der Waals surface area (Å²) in [6.07, 6.45) is 0. The molecule has 3 nitrogen and oxygen atoms in total. The molecule has 0 aliphatic rings. The summed E-state index contributed by atoms with van der Waals surface area (Å²) in [6, 6.07) is 2.23. The van der Waals surface area contributed by atoms with Gasteiger partial charge in [-0.25, -0.2) is 0 Å². The molecule has 2 rings (SSSR count). The van der Waals surface area contributed by atoms with Crippen LogP contribution in [-0.4, -0.2) is 10.2 Å². The molecule has 0 bridgehead atoms. The molecule has 17 heavy (non-hydrogen) atoms. The molecule has 0 spiro atoms. The average molecular weight is 229 g/mol. The number of nitrogens with zero attached hydrogens (tertiary/aromatic N) is 1. The molecule has 0 saturated carbocycles. The van der Waals surface area contributed by atoms with Crippen LogP contribution in [0.25, 0.3) is 11.3 Å². The van der Waals surface area contributed by atoms with Gasteiger partial charge in [0.05, 0.1) is 5.69 Å². The molecule has 1 heterocycles. The van der Waals surface area contributed by atoms with E-state index in [1.165, 1.54) is 27.8 Å². The molecule has 2 aromatic rings. The highest BCUT2D eigenvalue weighted by Gasteiger charge is 2.15. The summed E-state index contributed by atoms with van der Waals surface area (Å²) in [5.74, 6) is 0.581. The Morgan fingerprint density at radius 3 is 1.88 bits per heavy atom. The Balaban J connectivity index is 2.79. The van der Waals surface area contributed by atoms with Crippen LogP contribution in [0.2, 0.25) is 0 Å². The number of nitrogens with two attached hydrogens (primary N) is 1. The zero-order valence-electron chi connectivity index (χ0n) is 11.1. The van der Waals surface area contributed by atoms with Crippen LogP contribution in [-0.2, 0) is 0 Å². The second-order valence-electron chi connectivity index (χ2n) is 4.74. The fourth-order valence-electron chi connectivity index (χ4n) is 2.25. The monoisotopic (exact) mass is 229 g/mol. The number of aryl methyl sites for hydroxylation is 2. The summed E-state index contributed by atoms with van der Waals surface area (Å²) in [4.78, 5) is 0. The largest absolute Gasteiger partial charge is 0.382 e. The fourth-order valence-corrected chi connectivity index (χ4v) is 2.25. The summed E-state index contributed by atoms with van der Waals surface area (Å²) in [5, 5.41) is 7.14. The number of nitrogens with one attached hydrogen (secondary N) is 1. The van der Waals surface area contributed by atoms with Crippen molar-refractivity contribution < 1.29 is 0 Å². The van der Waals surface area contributed by atoms with Gasteiger partial charge in [-0.15, -0.1) is 0 Å². The summed E-state index contributed by atoms with van der Waals surface area (Å²) in [7, 11) is 0. The molecule has 3 heteroatoms. The fraction of sp³-hybridized carbons (Fsp3) is 0.357. The maximum atomic E-state index is 5.81. The van der Waals surface area contributed by atoms with Crippen molar-refractivity contribution >= 4 is 5.82 Å². The van der Waals surface area contributed by atoms with Crippen LogP contribution >= 0.6 is 0 Å². The summed E-state index contributed by atoms with van der Waals surface area (Å²) < 4.78 is 0. The second-order valence-corrected chi connectivity index (χ2v) is 4.74. The maximum absolute atomic E-state index is 5.81. The first-order valence-corrected chi connectivity index (χ1v) is 5.81. The van der Waals surface area contributed by atoms with Crippen molar-refractivity contribution in [2.24, 2.45) is 0 Å². The van der Waals surface area contributed by atoms with Gasteiger partial charge in [-0.05, 0) is 56.9 Å². The molecular weight excluding hydrogens is 210 g/mol. The minimum absolute atomic E-state index is 0.581. The molecule has 0 amide bonds. The van der Waals surface area contributed by atoms with Crippen LogP contribution < -0.4 is 5.73 Å². The van der Waals surface area contributed by atoms with Gasteiger partial charge in [-0.1, -0.05) is 6.07 Å². The lowest BCUT2D eigenvalue weighted by Crippen LogP contribution is -1.96. The van der Waals surface area contributed by atoms with Gasteiger partial charge in [0.1, 0.15) is 5.82 Å². The molecule has 1 aromatic heterocycles. The zero-order valence-corrected chi connectivity index (χ0v) is 11.1. The van der Waals surface area contributed by atoms with Crippen LogP contribution in [0.4, 0.5) is 5.82 Å². The number of aromatic amines is 1. The second kappa shape index (κ2) is 3.91. The number of anilines is 1. The Kier molecular flexibility index (Phi) is 2.69. The topological polar surface area (TPSA) is 54.7 Å². The van der Waals surface area contributed by atoms with Crippen LogP contribution in [0.1, 0.15) is 27.8 Å². The third-order valence-electron chi connectivity index (χ3n) is 3.66. The predicted molar refractivity (Wildman–Crippen MR) is 72.1 cm³/mol. The lowest BCUT2D eigenvalue weighted by atomic mass is 9.91. The Bertz CT molecular complexity index is 553.